The molecule has 2 unspecified atom stereocenters. The summed E-state index contributed by atoms with van der Waals surface area (Å²) in [4.78, 5) is 11.4. The Kier molecular flexibility index (Phi) is 3.43. The van der Waals surface area contributed by atoms with Crippen molar-refractivity contribution < 1.29 is 9.90 Å². The summed E-state index contributed by atoms with van der Waals surface area (Å²) in [6.45, 7) is 5.39. The minimum Gasteiger partial charge on any atom is -0.389 e. The Balaban J connectivity index is 2.75. The molecule has 1 aliphatic carbocycles. The van der Waals surface area contributed by atoms with Crippen LogP contribution in [0.1, 0.15) is 19.8 Å². The van der Waals surface area contributed by atoms with Crippen molar-refractivity contribution in [3.8, 4) is 0 Å². The second-order valence-electron chi connectivity index (χ2n) is 3.62. The lowest BCUT2D eigenvalue weighted by atomic mass is 9.78. The maximum Gasteiger partial charge on any atom is 0.162 e. The fourth-order valence-corrected chi connectivity index (χ4v) is 1.81. The summed E-state index contributed by atoms with van der Waals surface area (Å²) in [5.41, 5.74) is 1.24. The molecule has 0 heterocycles. The Labute approximate surface area is 79.0 Å². The summed E-state index contributed by atoms with van der Waals surface area (Å²) in [5.74, 6) is 0.105. The highest BCUT2D eigenvalue weighted by molar-refractivity contribution is 5.83. The van der Waals surface area contributed by atoms with Gasteiger partial charge in [-0.05, 0) is 25.7 Å². The molecular weight excluding hydrogens is 164 g/mol. The number of rotatable bonds is 3. The first-order valence-corrected chi connectivity index (χ1v) is 4.60. The number of hydrogen-bond donors (Lipinski definition) is 1. The van der Waals surface area contributed by atoms with E-state index in [0.29, 0.717) is 0 Å². The quantitative estimate of drug-likeness (QED) is 0.671. The molecule has 2 atom stereocenters. The first kappa shape index (κ1) is 10.2. The Morgan fingerprint density at radius 2 is 2.54 bits per heavy atom. The minimum atomic E-state index is -0.345. The van der Waals surface area contributed by atoms with Crippen LogP contribution in [0.25, 0.3) is 0 Å². The Bertz CT molecular complexity index is 240. The maximum absolute atomic E-state index is 11.4. The van der Waals surface area contributed by atoms with Crippen LogP contribution in [0.15, 0.2) is 24.3 Å². The smallest absolute Gasteiger partial charge is 0.162 e. The van der Waals surface area contributed by atoms with E-state index >= 15 is 0 Å². The van der Waals surface area contributed by atoms with E-state index in [1.807, 2.05) is 13.0 Å². The van der Waals surface area contributed by atoms with Gasteiger partial charge in [-0.3, -0.25) is 4.79 Å². The molecular formula is C11H16O2. The Morgan fingerprint density at radius 1 is 1.85 bits per heavy atom. The van der Waals surface area contributed by atoms with Gasteiger partial charge >= 0.3 is 0 Å². The fraction of sp³-hybridized carbons (Fsp3) is 0.545. The van der Waals surface area contributed by atoms with Crippen molar-refractivity contribution in [3.63, 3.8) is 0 Å². The van der Waals surface area contributed by atoms with Crippen molar-refractivity contribution in [3.05, 3.63) is 24.3 Å². The van der Waals surface area contributed by atoms with Gasteiger partial charge in [-0.2, -0.15) is 0 Å². The van der Waals surface area contributed by atoms with Crippen LogP contribution in [0, 0.1) is 11.8 Å². The van der Waals surface area contributed by atoms with E-state index in [1.54, 1.807) is 0 Å². The van der Waals surface area contributed by atoms with Crippen LogP contribution >= 0.6 is 0 Å². The molecule has 0 radical (unpaired) electrons. The van der Waals surface area contributed by atoms with Gasteiger partial charge in [0.1, 0.15) is 6.61 Å². The van der Waals surface area contributed by atoms with E-state index in [1.165, 1.54) is 5.57 Å². The van der Waals surface area contributed by atoms with E-state index < -0.39 is 0 Å². The van der Waals surface area contributed by atoms with E-state index in [0.717, 1.165) is 12.8 Å². The van der Waals surface area contributed by atoms with Crippen molar-refractivity contribution in [1.29, 1.82) is 0 Å². The Morgan fingerprint density at radius 3 is 3.08 bits per heavy atom. The topological polar surface area (TPSA) is 37.3 Å². The van der Waals surface area contributed by atoms with Crippen molar-refractivity contribution in [2.45, 2.75) is 19.8 Å². The molecule has 1 aliphatic rings. The standard InChI is InChI=1S/C11H16O2/c1-3-9-5-4-8(2)6-10(9)11(13)7-12/h3-4,9-10,12H,1,5-7H2,2H3. The minimum absolute atomic E-state index is 0.0486. The average molecular weight is 180 g/mol. The predicted octanol–water partition coefficient (Wildman–Crippen LogP) is 1.71. The van der Waals surface area contributed by atoms with Crippen molar-refractivity contribution in [2.75, 3.05) is 6.61 Å². The number of hydrogen-bond acceptors (Lipinski definition) is 2. The van der Waals surface area contributed by atoms with Gasteiger partial charge in [-0.1, -0.05) is 17.7 Å². The molecule has 2 heteroatoms. The number of aliphatic hydroxyl groups excluding tert-OH is 1. The molecule has 2 nitrogen and oxygen atoms in total. The van der Waals surface area contributed by atoms with E-state index in [4.69, 9.17) is 5.11 Å². The zero-order chi connectivity index (χ0) is 9.84. The fourth-order valence-electron chi connectivity index (χ4n) is 1.81. The van der Waals surface area contributed by atoms with Crippen LogP contribution in [0.4, 0.5) is 0 Å². The molecule has 0 amide bonds. The maximum atomic E-state index is 11.4. The molecule has 0 aliphatic heterocycles. The largest absolute Gasteiger partial charge is 0.389 e. The van der Waals surface area contributed by atoms with Gasteiger partial charge in [0, 0.05) is 5.92 Å². The summed E-state index contributed by atoms with van der Waals surface area (Å²) < 4.78 is 0. The lowest BCUT2D eigenvalue weighted by molar-refractivity contribution is -0.126. The highest BCUT2D eigenvalue weighted by atomic mass is 16.3. The van der Waals surface area contributed by atoms with Gasteiger partial charge in [0.15, 0.2) is 5.78 Å². The molecule has 1 rings (SSSR count). The van der Waals surface area contributed by atoms with Crippen LogP contribution in [0.5, 0.6) is 0 Å². The predicted molar refractivity (Wildman–Crippen MR) is 52.3 cm³/mol. The normalized spacial score (nSPS) is 28.0. The van der Waals surface area contributed by atoms with E-state index in [2.05, 4.69) is 12.7 Å². The van der Waals surface area contributed by atoms with Crippen LogP contribution in [0.3, 0.4) is 0 Å². The molecule has 1 N–H and O–H groups in total. The van der Waals surface area contributed by atoms with Gasteiger partial charge in [0.25, 0.3) is 0 Å². The summed E-state index contributed by atoms with van der Waals surface area (Å²) in [6.07, 6.45) is 5.62. The second-order valence-corrected chi connectivity index (χ2v) is 3.62. The van der Waals surface area contributed by atoms with Gasteiger partial charge < -0.3 is 5.11 Å². The number of aliphatic hydroxyl groups is 1. The first-order valence-electron chi connectivity index (χ1n) is 4.60. The van der Waals surface area contributed by atoms with Gasteiger partial charge in [-0.25, -0.2) is 0 Å². The summed E-state index contributed by atoms with van der Waals surface area (Å²) in [6, 6.07) is 0. The van der Waals surface area contributed by atoms with Crippen molar-refractivity contribution >= 4 is 5.78 Å². The lowest BCUT2D eigenvalue weighted by Gasteiger charge is -2.26. The SMILES string of the molecule is C=CC1CC=C(C)CC1C(=O)CO. The summed E-state index contributed by atoms with van der Waals surface area (Å²) in [7, 11) is 0. The van der Waals surface area contributed by atoms with Crippen molar-refractivity contribution in [1.82, 2.24) is 0 Å². The van der Waals surface area contributed by atoms with Gasteiger partial charge in [-0.15, -0.1) is 6.58 Å². The molecule has 0 fully saturated rings. The van der Waals surface area contributed by atoms with Crippen LogP contribution in [-0.2, 0) is 4.79 Å². The Hall–Kier alpha value is -0.890. The number of ketones is 1. The molecule has 13 heavy (non-hydrogen) atoms. The molecule has 0 aromatic carbocycles. The van der Waals surface area contributed by atoms with Crippen LogP contribution in [-0.4, -0.2) is 17.5 Å². The molecule has 0 aromatic rings. The molecule has 0 saturated heterocycles. The number of carbonyl (C=O) groups is 1. The van der Waals surface area contributed by atoms with Crippen LogP contribution in [0.2, 0.25) is 0 Å². The molecule has 0 spiro atoms. The highest BCUT2D eigenvalue weighted by Crippen LogP contribution is 2.30. The summed E-state index contributed by atoms with van der Waals surface area (Å²) >= 11 is 0. The third-order valence-corrected chi connectivity index (χ3v) is 2.67. The third-order valence-electron chi connectivity index (χ3n) is 2.67. The van der Waals surface area contributed by atoms with E-state index in [-0.39, 0.29) is 24.2 Å². The van der Waals surface area contributed by atoms with Gasteiger partial charge in [0.2, 0.25) is 0 Å². The van der Waals surface area contributed by atoms with Crippen molar-refractivity contribution in [2.24, 2.45) is 11.8 Å². The lowest BCUT2D eigenvalue weighted by Crippen LogP contribution is -2.27. The number of allylic oxidation sites excluding steroid dienone is 3. The number of Topliss-reactive ketones (excluding diaryl/α,β-unsaturated/α-hetero) is 1. The summed E-state index contributed by atoms with van der Waals surface area (Å²) in [5, 5.41) is 8.78. The first-order chi connectivity index (χ1) is 6.19. The third kappa shape index (κ3) is 2.28. The highest BCUT2D eigenvalue weighted by Gasteiger charge is 2.27. The number of carbonyl (C=O) groups excluding carboxylic acids is 1. The average Bonchev–Trinajstić information content (AvgIpc) is 2.16. The molecule has 0 saturated carbocycles. The monoisotopic (exact) mass is 180 g/mol. The molecule has 0 bridgehead atoms. The zero-order valence-corrected chi connectivity index (χ0v) is 7.99. The molecule has 72 valence electrons. The van der Waals surface area contributed by atoms with Gasteiger partial charge in [0.05, 0.1) is 0 Å². The zero-order valence-electron chi connectivity index (χ0n) is 7.99. The van der Waals surface area contributed by atoms with Crippen LogP contribution < -0.4 is 0 Å². The second kappa shape index (κ2) is 4.38. The molecule has 0 aromatic heterocycles. The van der Waals surface area contributed by atoms with E-state index in [9.17, 15) is 4.79 Å².